The molecular weight excluding hydrogens is 423 g/mol. The van der Waals surface area contributed by atoms with Crippen LogP contribution >= 0.6 is 11.6 Å². The summed E-state index contributed by atoms with van der Waals surface area (Å²) in [4.78, 5) is 21.5. The molecule has 164 valence electrons. The summed E-state index contributed by atoms with van der Waals surface area (Å²) in [5, 5.41) is 20.4. The third-order valence-corrected chi connectivity index (χ3v) is 5.62. The molecule has 1 fully saturated rings. The van der Waals surface area contributed by atoms with Crippen LogP contribution in [-0.4, -0.2) is 55.0 Å². The zero-order chi connectivity index (χ0) is 22.2. The largest absolute Gasteiger partial charge is 0.387 e. The van der Waals surface area contributed by atoms with Gasteiger partial charge in [0.1, 0.15) is 6.17 Å². The van der Waals surface area contributed by atoms with E-state index in [0.717, 1.165) is 19.3 Å². The zero-order valence-electron chi connectivity index (χ0n) is 17.3. The standard InChI is InChI=1S/C21H24ClFN6O2/c1-21(2,31)18(23)10-26-20(30)15-8-24-16(6-17(15)28-13-4-3-5-13)14-9-27-29-11-12(22)7-25-19(14)29/h6-9,11,13,18,31H,3-5,10H2,1-2H3,(H,24,28)(H,26,30)/t18-/m1/s1. The van der Waals surface area contributed by atoms with Crippen molar-refractivity contribution >= 4 is 28.8 Å². The Labute approximate surface area is 183 Å². The predicted molar refractivity (Wildman–Crippen MR) is 116 cm³/mol. The molecule has 1 atom stereocenters. The van der Waals surface area contributed by atoms with E-state index in [4.69, 9.17) is 11.6 Å². The number of nitrogens with one attached hydrogen (secondary N) is 2. The van der Waals surface area contributed by atoms with Crippen LogP contribution in [-0.2, 0) is 0 Å². The zero-order valence-corrected chi connectivity index (χ0v) is 18.0. The van der Waals surface area contributed by atoms with Gasteiger partial charge >= 0.3 is 0 Å². The van der Waals surface area contributed by atoms with Crippen molar-refractivity contribution in [1.29, 1.82) is 0 Å². The quantitative estimate of drug-likeness (QED) is 0.514. The smallest absolute Gasteiger partial charge is 0.255 e. The van der Waals surface area contributed by atoms with Crippen LogP contribution in [0, 0.1) is 0 Å². The van der Waals surface area contributed by atoms with Gasteiger partial charge in [0.15, 0.2) is 5.65 Å². The molecule has 0 spiro atoms. The molecule has 8 nitrogen and oxygen atoms in total. The van der Waals surface area contributed by atoms with Gasteiger partial charge in [0, 0.05) is 18.4 Å². The molecule has 0 bridgehead atoms. The molecule has 0 unspecified atom stereocenters. The molecule has 0 radical (unpaired) electrons. The normalized spacial score (nSPS) is 15.5. The van der Waals surface area contributed by atoms with Gasteiger partial charge in [-0.05, 0) is 39.2 Å². The van der Waals surface area contributed by atoms with Crippen LogP contribution in [0.25, 0.3) is 16.9 Å². The predicted octanol–water partition coefficient (Wildman–Crippen LogP) is 3.25. The summed E-state index contributed by atoms with van der Waals surface area (Å²) >= 11 is 5.98. The van der Waals surface area contributed by atoms with E-state index in [-0.39, 0.29) is 12.6 Å². The fraction of sp³-hybridized carbons (Fsp3) is 0.429. The topological polar surface area (TPSA) is 104 Å². The van der Waals surface area contributed by atoms with Crippen LogP contribution in [0.4, 0.5) is 10.1 Å². The van der Waals surface area contributed by atoms with Crippen molar-refractivity contribution in [3.05, 3.63) is 41.4 Å². The number of alkyl halides is 1. The van der Waals surface area contributed by atoms with Crippen LogP contribution in [0.1, 0.15) is 43.5 Å². The number of aromatic nitrogens is 4. The van der Waals surface area contributed by atoms with Crippen LogP contribution in [0.2, 0.25) is 5.02 Å². The maximum atomic E-state index is 14.1. The summed E-state index contributed by atoms with van der Waals surface area (Å²) in [5.74, 6) is -0.461. The lowest BCUT2D eigenvalue weighted by Gasteiger charge is -2.28. The third-order valence-electron chi connectivity index (χ3n) is 5.42. The van der Waals surface area contributed by atoms with Crippen LogP contribution < -0.4 is 10.6 Å². The molecular formula is C21H24ClFN6O2. The van der Waals surface area contributed by atoms with Crippen molar-refractivity contribution in [2.45, 2.75) is 50.9 Å². The first-order chi connectivity index (χ1) is 14.7. The molecule has 1 aliphatic carbocycles. The number of aliphatic hydroxyl groups is 1. The first-order valence-corrected chi connectivity index (χ1v) is 10.5. The SMILES string of the molecule is CC(C)(O)[C@H](F)CNC(=O)c1cnc(-c2cnn3cc(Cl)cnc23)cc1NC1CCC1. The number of nitrogens with zero attached hydrogens (tertiary/aromatic N) is 4. The monoisotopic (exact) mass is 446 g/mol. The van der Waals surface area contributed by atoms with Gasteiger partial charge in [-0.1, -0.05) is 11.6 Å². The Morgan fingerprint density at radius 1 is 1.35 bits per heavy atom. The molecule has 3 aromatic heterocycles. The first-order valence-electron chi connectivity index (χ1n) is 10.1. The molecule has 31 heavy (non-hydrogen) atoms. The van der Waals surface area contributed by atoms with Crippen molar-refractivity contribution in [2.75, 3.05) is 11.9 Å². The minimum atomic E-state index is -1.59. The summed E-state index contributed by atoms with van der Waals surface area (Å²) in [6, 6.07) is 2.05. The minimum absolute atomic E-state index is 0.271. The number of pyridine rings is 1. The van der Waals surface area contributed by atoms with E-state index >= 15 is 0 Å². The third kappa shape index (κ3) is 4.62. The lowest BCUT2D eigenvalue weighted by molar-refractivity contribution is -0.00177. The molecule has 3 N–H and O–H groups in total. The maximum Gasteiger partial charge on any atom is 0.255 e. The lowest BCUT2D eigenvalue weighted by Crippen LogP contribution is -2.42. The second-order valence-corrected chi connectivity index (χ2v) is 8.75. The van der Waals surface area contributed by atoms with Gasteiger partial charge in [-0.3, -0.25) is 9.78 Å². The van der Waals surface area contributed by atoms with Gasteiger partial charge in [-0.15, -0.1) is 0 Å². The summed E-state index contributed by atoms with van der Waals surface area (Å²) in [6.07, 6.45) is 7.86. The van der Waals surface area contributed by atoms with E-state index < -0.39 is 17.7 Å². The maximum absolute atomic E-state index is 14.1. The van der Waals surface area contributed by atoms with E-state index in [1.807, 2.05) is 0 Å². The number of carbonyl (C=O) groups excluding carboxylic acids is 1. The minimum Gasteiger partial charge on any atom is -0.387 e. The second-order valence-electron chi connectivity index (χ2n) is 8.32. The van der Waals surface area contributed by atoms with Crippen molar-refractivity contribution in [3.63, 3.8) is 0 Å². The highest BCUT2D eigenvalue weighted by atomic mass is 35.5. The Hall–Kier alpha value is -2.78. The van der Waals surface area contributed by atoms with Gasteiger partial charge < -0.3 is 15.7 Å². The molecule has 4 rings (SSSR count). The average molecular weight is 447 g/mol. The molecule has 3 heterocycles. The Balaban J connectivity index is 1.63. The fourth-order valence-corrected chi connectivity index (χ4v) is 3.38. The van der Waals surface area contributed by atoms with Crippen molar-refractivity contribution in [3.8, 4) is 11.3 Å². The number of halogens is 2. The van der Waals surface area contributed by atoms with E-state index in [9.17, 15) is 14.3 Å². The molecule has 1 amide bonds. The summed E-state index contributed by atoms with van der Waals surface area (Å²) in [6.45, 7) is 2.42. The molecule has 0 aromatic carbocycles. The van der Waals surface area contributed by atoms with Crippen molar-refractivity contribution in [2.24, 2.45) is 0 Å². The molecule has 0 saturated heterocycles. The Bertz CT molecular complexity index is 1110. The first kappa shape index (κ1) is 21.5. The van der Waals surface area contributed by atoms with E-state index in [0.29, 0.717) is 33.2 Å². The Kier molecular flexibility index (Phi) is 5.81. The van der Waals surface area contributed by atoms with Gasteiger partial charge in [0.2, 0.25) is 0 Å². The number of rotatable bonds is 7. The van der Waals surface area contributed by atoms with Gasteiger partial charge in [0.05, 0.1) is 52.1 Å². The highest BCUT2D eigenvalue weighted by molar-refractivity contribution is 6.30. The van der Waals surface area contributed by atoms with E-state index in [1.165, 1.54) is 26.2 Å². The lowest BCUT2D eigenvalue weighted by atomic mass is 9.92. The summed E-state index contributed by atoms with van der Waals surface area (Å²) in [7, 11) is 0. The number of anilines is 1. The van der Waals surface area contributed by atoms with Crippen LogP contribution in [0.3, 0.4) is 0 Å². The van der Waals surface area contributed by atoms with E-state index in [2.05, 4.69) is 25.7 Å². The molecule has 1 saturated carbocycles. The summed E-state index contributed by atoms with van der Waals surface area (Å²) in [5.41, 5.74) is 1.27. The van der Waals surface area contributed by atoms with Gasteiger partial charge in [-0.2, -0.15) is 5.10 Å². The highest BCUT2D eigenvalue weighted by Gasteiger charge is 2.28. The average Bonchev–Trinajstić information content (AvgIpc) is 3.10. The summed E-state index contributed by atoms with van der Waals surface area (Å²) < 4.78 is 15.6. The van der Waals surface area contributed by atoms with Crippen molar-refractivity contribution in [1.82, 2.24) is 24.9 Å². The molecule has 1 aliphatic rings. The fourth-order valence-electron chi connectivity index (χ4n) is 3.24. The number of fused-ring (bicyclic) bond motifs is 1. The highest BCUT2D eigenvalue weighted by Crippen LogP contribution is 2.30. The second kappa shape index (κ2) is 8.39. The number of carbonyl (C=O) groups is 1. The number of amides is 1. The van der Waals surface area contributed by atoms with Crippen LogP contribution in [0.15, 0.2) is 30.9 Å². The molecule has 0 aliphatic heterocycles. The number of hydrogen-bond acceptors (Lipinski definition) is 6. The van der Waals surface area contributed by atoms with Gasteiger partial charge in [0.25, 0.3) is 5.91 Å². The van der Waals surface area contributed by atoms with E-state index in [1.54, 1.807) is 23.0 Å². The Morgan fingerprint density at radius 2 is 2.13 bits per heavy atom. The van der Waals surface area contributed by atoms with Gasteiger partial charge in [-0.25, -0.2) is 13.9 Å². The molecule has 3 aromatic rings. The van der Waals surface area contributed by atoms with Crippen LogP contribution in [0.5, 0.6) is 0 Å². The van der Waals surface area contributed by atoms with Crippen molar-refractivity contribution < 1.29 is 14.3 Å². The number of hydrogen-bond donors (Lipinski definition) is 3. The Morgan fingerprint density at radius 3 is 2.81 bits per heavy atom. The molecule has 10 heteroatoms.